The molecule has 0 N–H and O–H groups in total. The van der Waals surface area contributed by atoms with Gasteiger partial charge in [0.2, 0.25) is 0 Å². The SMILES string of the molecule is O=S(=O)([N]=[Sn]([Cl])[Cl])c1ccccc1. The van der Waals surface area contributed by atoms with E-state index in [0.29, 0.717) is 0 Å². The van der Waals surface area contributed by atoms with Crippen molar-refractivity contribution in [3.05, 3.63) is 30.3 Å². The number of nitrogens with zero attached hydrogens (tertiary/aromatic N) is 1. The topological polar surface area (TPSA) is 46.5 Å². The Balaban J connectivity index is 3.18. The zero-order chi connectivity index (χ0) is 9.90. The minimum absolute atomic E-state index is 0.134. The summed E-state index contributed by atoms with van der Waals surface area (Å²) >= 11 is -2.99. The molecule has 0 saturated heterocycles. The van der Waals surface area contributed by atoms with Crippen LogP contribution in [0.5, 0.6) is 0 Å². The van der Waals surface area contributed by atoms with E-state index in [1.54, 1.807) is 18.2 Å². The van der Waals surface area contributed by atoms with Crippen LogP contribution in [0.4, 0.5) is 0 Å². The van der Waals surface area contributed by atoms with Crippen LogP contribution in [0.2, 0.25) is 0 Å². The molecule has 0 aliphatic heterocycles. The molecular formula is C6H5Cl2NO2SSn. The summed E-state index contributed by atoms with van der Waals surface area (Å²) in [5.74, 6) is 0. The number of hydrogen-bond acceptors (Lipinski definition) is 2. The second-order valence-electron chi connectivity index (χ2n) is 2.12. The Morgan fingerprint density at radius 3 is 2.15 bits per heavy atom. The molecule has 0 heterocycles. The first-order valence-corrected chi connectivity index (χ1v) is 13.2. The van der Waals surface area contributed by atoms with Gasteiger partial charge in [-0.15, -0.1) is 0 Å². The van der Waals surface area contributed by atoms with Crippen LogP contribution in [0.1, 0.15) is 0 Å². The van der Waals surface area contributed by atoms with Gasteiger partial charge in [-0.3, -0.25) is 0 Å². The number of sulfonamides is 1. The third kappa shape index (κ3) is 3.53. The summed E-state index contributed by atoms with van der Waals surface area (Å²) in [6.45, 7) is 0. The quantitative estimate of drug-likeness (QED) is 0.771. The zero-order valence-corrected chi connectivity index (χ0v) is 11.5. The summed E-state index contributed by atoms with van der Waals surface area (Å²) in [4.78, 5) is 0.134. The van der Waals surface area contributed by atoms with E-state index in [4.69, 9.17) is 17.8 Å². The predicted molar refractivity (Wildman–Crippen MR) is 53.5 cm³/mol. The standard InChI is InChI=1S/C6H5NO2S.2ClH.Sn/c7-10(8,9)6-4-2-1-3-5-6;;;/h1-5H;2*1H;/q;;;+2/p-2. The van der Waals surface area contributed by atoms with Gasteiger partial charge in [0.15, 0.2) is 0 Å². The second-order valence-corrected chi connectivity index (χ2v) is 12.8. The van der Waals surface area contributed by atoms with Crippen molar-refractivity contribution in [3.8, 4) is 0 Å². The molecule has 1 rings (SSSR count). The summed E-state index contributed by atoms with van der Waals surface area (Å²) in [6, 6.07) is 7.87. The van der Waals surface area contributed by atoms with Gasteiger partial charge in [0.1, 0.15) is 0 Å². The summed E-state index contributed by atoms with van der Waals surface area (Å²) in [5, 5.41) is 0. The van der Waals surface area contributed by atoms with E-state index in [1.807, 2.05) is 0 Å². The zero-order valence-electron chi connectivity index (χ0n) is 6.31. The molecule has 7 heteroatoms. The molecule has 0 atom stereocenters. The molecule has 13 heavy (non-hydrogen) atoms. The summed E-state index contributed by atoms with van der Waals surface area (Å²) in [7, 11) is 7.25. The maximum absolute atomic E-state index is 11.4. The first-order valence-electron chi connectivity index (χ1n) is 3.23. The van der Waals surface area contributed by atoms with Crippen molar-refractivity contribution in [3.63, 3.8) is 0 Å². The van der Waals surface area contributed by atoms with Gasteiger partial charge < -0.3 is 0 Å². The monoisotopic (exact) mass is 345 g/mol. The third-order valence-corrected chi connectivity index (χ3v) is 8.49. The van der Waals surface area contributed by atoms with Crippen LogP contribution in [-0.4, -0.2) is 25.8 Å². The van der Waals surface area contributed by atoms with E-state index < -0.39 is 27.4 Å². The molecular weight excluding hydrogens is 340 g/mol. The second kappa shape index (κ2) is 4.72. The molecule has 0 amide bonds. The van der Waals surface area contributed by atoms with Gasteiger partial charge in [0.05, 0.1) is 0 Å². The van der Waals surface area contributed by atoms with Crippen LogP contribution >= 0.6 is 17.8 Å². The molecule has 0 fully saturated rings. The molecule has 0 bridgehead atoms. The van der Waals surface area contributed by atoms with Crippen LogP contribution in [0, 0.1) is 0 Å². The van der Waals surface area contributed by atoms with E-state index in [2.05, 4.69) is 2.56 Å². The van der Waals surface area contributed by atoms with E-state index in [0.717, 1.165) is 0 Å². The Hall–Kier alpha value is 0.349. The van der Waals surface area contributed by atoms with E-state index in [9.17, 15) is 8.42 Å². The Morgan fingerprint density at radius 2 is 1.69 bits per heavy atom. The molecule has 0 aliphatic carbocycles. The average molecular weight is 345 g/mol. The molecule has 0 unspecified atom stereocenters. The van der Waals surface area contributed by atoms with Crippen LogP contribution in [-0.2, 0) is 10.0 Å². The van der Waals surface area contributed by atoms with Crippen molar-refractivity contribution in [1.82, 2.24) is 0 Å². The van der Waals surface area contributed by atoms with Crippen LogP contribution in [0.25, 0.3) is 0 Å². The number of hydrogen-bond donors (Lipinski definition) is 0. The Labute approximate surface area is 90.8 Å². The van der Waals surface area contributed by atoms with Gasteiger partial charge in [-0.05, 0) is 0 Å². The molecule has 0 radical (unpaired) electrons. The Kier molecular flexibility index (Phi) is 4.15. The molecule has 0 saturated carbocycles. The van der Waals surface area contributed by atoms with Crippen molar-refractivity contribution in [2.75, 3.05) is 0 Å². The van der Waals surface area contributed by atoms with Crippen molar-refractivity contribution in [1.29, 1.82) is 0 Å². The van der Waals surface area contributed by atoms with Crippen molar-refractivity contribution >= 4 is 45.2 Å². The molecule has 3 nitrogen and oxygen atoms in total. The number of halogens is 2. The molecule has 1 aromatic carbocycles. The van der Waals surface area contributed by atoms with E-state index in [1.165, 1.54) is 12.1 Å². The van der Waals surface area contributed by atoms with Crippen LogP contribution in [0.3, 0.4) is 0 Å². The van der Waals surface area contributed by atoms with Gasteiger partial charge in [-0.1, -0.05) is 0 Å². The van der Waals surface area contributed by atoms with Crippen molar-refractivity contribution in [2.45, 2.75) is 4.90 Å². The fourth-order valence-electron chi connectivity index (χ4n) is 0.736. The fourth-order valence-corrected chi connectivity index (χ4v) is 7.64. The van der Waals surface area contributed by atoms with E-state index >= 15 is 0 Å². The number of benzene rings is 1. The predicted octanol–water partition coefficient (Wildman–Crippen LogP) is 2.11. The van der Waals surface area contributed by atoms with Crippen molar-refractivity contribution in [2.24, 2.45) is 2.56 Å². The maximum atomic E-state index is 11.4. The van der Waals surface area contributed by atoms with Gasteiger partial charge >= 0.3 is 91.4 Å². The van der Waals surface area contributed by atoms with Crippen LogP contribution in [0.15, 0.2) is 37.8 Å². The summed E-state index contributed by atoms with van der Waals surface area (Å²) in [5.41, 5.74) is 0. The van der Waals surface area contributed by atoms with Gasteiger partial charge in [0.25, 0.3) is 0 Å². The van der Waals surface area contributed by atoms with Crippen molar-refractivity contribution < 1.29 is 8.42 Å². The Bertz CT molecular complexity index is 414. The van der Waals surface area contributed by atoms with Crippen LogP contribution < -0.4 is 0 Å². The average Bonchev–Trinajstić information content (AvgIpc) is 2.04. The third-order valence-electron chi connectivity index (χ3n) is 1.23. The Morgan fingerprint density at radius 1 is 1.15 bits per heavy atom. The summed E-state index contributed by atoms with van der Waals surface area (Å²) < 4.78 is 26.1. The molecule has 1 aromatic rings. The minimum atomic E-state index is -3.61. The summed E-state index contributed by atoms with van der Waals surface area (Å²) in [6.07, 6.45) is 0. The molecule has 0 aromatic heterocycles. The first-order chi connectivity index (χ1) is 6.02. The number of rotatable bonds is 2. The fraction of sp³-hybridized carbons (Fsp3) is 0. The molecule has 0 spiro atoms. The van der Waals surface area contributed by atoms with Gasteiger partial charge in [-0.25, -0.2) is 0 Å². The normalized spacial score (nSPS) is 10.9. The van der Waals surface area contributed by atoms with Gasteiger partial charge in [0, 0.05) is 0 Å². The van der Waals surface area contributed by atoms with Gasteiger partial charge in [-0.2, -0.15) is 0 Å². The molecule has 0 aliphatic rings. The molecule has 70 valence electrons. The first kappa shape index (κ1) is 11.4. The van der Waals surface area contributed by atoms with E-state index in [-0.39, 0.29) is 4.90 Å².